The van der Waals surface area contributed by atoms with Crippen molar-refractivity contribution in [3.05, 3.63) is 39.1 Å². The highest BCUT2D eigenvalue weighted by molar-refractivity contribution is 6.36. The van der Waals surface area contributed by atoms with Gasteiger partial charge in [-0.15, -0.1) is 0 Å². The second kappa shape index (κ2) is 6.23. The molecule has 0 amide bonds. The fourth-order valence-electron chi connectivity index (χ4n) is 1.41. The number of hydrogen-bond acceptors (Lipinski definition) is 5. The molecule has 0 saturated heterocycles. The van der Waals surface area contributed by atoms with E-state index in [2.05, 4.69) is 25.6 Å². The van der Waals surface area contributed by atoms with Gasteiger partial charge in [-0.1, -0.05) is 29.3 Å². The first-order valence-electron chi connectivity index (χ1n) is 5.36. The summed E-state index contributed by atoms with van der Waals surface area (Å²) in [6.07, 6.45) is 0. The zero-order valence-corrected chi connectivity index (χ0v) is 12.2. The van der Waals surface area contributed by atoms with Crippen LogP contribution in [-0.4, -0.2) is 22.0 Å². The van der Waals surface area contributed by atoms with Crippen molar-refractivity contribution in [2.45, 2.75) is 6.54 Å². The lowest BCUT2D eigenvalue weighted by molar-refractivity contribution is 1.00. The Hall–Kier alpha value is -1.30. The van der Waals surface area contributed by atoms with Crippen LogP contribution in [0.15, 0.2) is 18.2 Å². The Bertz CT molecular complexity index is 570. The summed E-state index contributed by atoms with van der Waals surface area (Å²) in [5, 5.41) is 7.05. The van der Waals surface area contributed by atoms with Gasteiger partial charge in [0.2, 0.25) is 17.2 Å². The van der Waals surface area contributed by atoms with Crippen molar-refractivity contribution in [1.82, 2.24) is 15.0 Å². The predicted molar refractivity (Wildman–Crippen MR) is 78.2 cm³/mol. The van der Waals surface area contributed by atoms with E-state index in [4.69, 9.17) is 34.8 Å². The predicted octanol–water partition coefficient (Wildman–Crippen LogP) is 3.49. The minimum absolute atomic E-state index is 0.104. The van der Waals surface area contributed by atoms with E-state index >= 15 is 0 Å². The van der Waals surface area contributed by atoms with E-state index in [1.54, 1.807) is 25.2 Å². The number of benzene rings is 1. The fraction of sp³-hybridized carbons (Fsp3) is 0.182. The van der Waals surface area contributed by atoms with Gasteiger partial charge in [0.1, 0.15) is 0 Å². The van der Waals surface area contributed by atoms with Crippen molar-refractivity contribution in [1.29, 1.82) is 0 Å². The molecule has 1 aromatic carbocycles. The van der Waals surface area contributed by atoms with E-state index in [9.17, 15) is 0 Å². The van der Waals surface area contributed by atoms with Gasteiger partial charge in [-0.3, -0.25) is 0 Å². The van der Waals surface area contributed by atoms with Gasteiger partial charge < -0.3 is 10.6 Å². The van der Waals surface area contributed by atoms with Crippen molar-refractivity contribution in [3.63, 3.8) is 0 Å². The molecule has 2 N–H and O–H groups in total. The Kier molecular flexibility index (Phi) is 4.63. The highest BCUT2D eigenvalue weighted by Crippen LogP contribution is 2.24. The monoisotopic (exact) mass is 317 g/mol. The molecule has 0 atom stereocenters. The van der Waals surface area contributed by atoms with Crippen LogP contribution < -0.4 is 10.6 Å². The van der Waals surface area contributed by atoms with Crippen LogP contribution in [0.2, 0.25) is 15.3 Å². The Morgan fingerprint density at radius 1 is 1.00 bits per heavy atom. The topological polar surface area (TPSA) is 62.7 Å². The summed E-state index contributed by atoms with van der Waals surface area (Å²) in [5.74, 6) is 0.730. The summed E-state index contributed by atoms with van der Waals surface area (Å²) < 4.78 is 0. The molecule has 0 fully saturated rings. The summed E-state index contributed by atoms with van der Waals surface area (Å²) in [7, 11) is 1.69. The third kappa shape index (κ3) is 3.59. The van der Waals surface area contributed by atoms with Crippen LogP contribution in [0.3, 0.4) is 0 Å². The number of anilines is 2. The standard InChI is InChI=1S/C11H10Cl3N5/c1-15-10-17-9(14)18-11(19-10)16-5-6-7(12)3-2-4-8(6)13/h2-4H,5H2,1H3,(H2,15,16,17,18,19). The van der Waals surface area contributed by atoms with Crippen LogP contribution in [0.4, 0.5) is 11.9 Å². The summed E-state index contributed by atoms with van der Waals surface area (Å²) in [6.45, 7) is 0.391. The third-order valence-corrected chi connectivity index (χ3v) is 3.19. The molecule has 0 unspecified atom stereocenters. The van der Waals surface area contributed by atoms with E-state index in [1.807, 2.05) is 0 Å². The number of hydrogen-bond donors (Lipinski definition) is 2. The van der Waals surface area contributed by atoms with Crippen molar-refractivity contribution >= 4 is 46.7 Å². The maximum atomic E-state index is 6.07. The average molecular weight is 319 g/mol. The minimum atomic E-state index is 0.104. The number of halogens is 3. The van der Waals surface area contributed by atoms with Crippen molar-refractivity contribution in [2.24, 2.45) is 0 Å². The molecule has 0 spiro atoms. The Morgan fingerprint density at radius 3 is 2.26 bits per heavy atom. The molecule has 0 bridgehead atoms. The van der Waals surface area contributed by atoms with Gasteiger partial charge in [0.05, 0.1) is 0 Å². The molecule has 0 aliphatic carbocycles. The Morgan fingerprint density at radius 2 is 1.63 bits per heavy atom. The lowest BCUT2D eigenvalue weighted by Gasteiger charge is -2.09. The first-order chi connectivity index (χ1) is 9.10. The van der Waals surface area contributed by atoms with Gasteiger partial charge >= 0.3 is 0 Å². The number of nitrogens with one attached hydrogen (secondary N) is 2. The largest absolute Gasteiger partial charge is 0.357 e. The molecule has 1 aromatic heterocycles. The average Bonchev–Trinajstić information content (AvgIpc) is 2.37. The minimum Gasteiger partial charge on any atom is -0.357 e. The summed E-state index contributed by atoms with van der Waals surface area (Å²) >= 11 is 17.9. The van der Waals surface area contributed by atoms with E-state index < -0.39 is 0 Å². The number of aromatic nitrogens is 3. The molecular formula is C11H10Cl3N5. The molecule has 2 aromatic rings. The van der Waals surface area contributed by atoms with Crippen molar-refractivity contribution in [2.75, 3.05) is 17.7 Å². The van der Waals surface area contributed by atoms with Gasteiger partial charge in [-0.05, 0) is 23.7 Å². The van der Waals surface area contributed by atoms with Crippen molar-refractivity contribution < 1.29 is 0 Å². The van der Waals surface area contributed by atoms with Gasteiger partial charge in [0.15, 0.2) is 0 Å². The molecule has 5 nitrogen and oxygen atoms in total. The molecule has 0 aliphatic rings. The van der Waals surface area contributed by atoms with Crippen LogP contribution in [0.25, 0.3) is 0 Å². The molecule has 0 saturated carbocycles. The summed E-state index contributed by atoms with van der Waals surface area (Å²) in [5.41, 5.74) is 0.772. The lowest BCUT2D eigenvalue weighted by atomic mass is 10.2. The van der Waals surface area contributed by atoms with Gasteiger partial charge in [0, 0.05) is 29.2 Å². The zero-order chi connectivity index (χ0) is 13.8. The fourth-order valence-corrected chi connectivity index (χ4v) is 2.10. The molecule has 2 rings (SSSR count). The van der Waals surface area contributed by atoms with Crippen LogP contribution in [0.5, 0.6) is 0 Å². The zero-order valence-electron chi connectivity index (χ0n) is 9.91. The molecule has 0 aliphatic heterocycles. The molecule has 1 heterocycles. The van der Waals surface area contributed by atoms with Gasteiger partial charge in [-0.25, -0.2) is 0 Å². The Balaban J connectivity index is 2.16. The quantitative estimate of drug-likeness (QED) is 0.903. The summed E-state index contributed by atoms with van der Waals surface area (Å²) in [6, 6.07) is 5.32. The van der Waals surface area contributed by atoms with Crippen LogP contribution in [0, 0.1) is 0 Å². The van der Waals surface area contributed by atoms with E-state index in [1.165, 1.54) is 0 Å². The van der Waals surface area contributed by atoms with E-state index in [0.717, 1.165) is 5.56 Å². The number of nitrogens with zero attached hydrogens (tertiary/aromatic N) is 3. The number of rotatable bonds is 4. The third-order valence-electron chi connectivity index (χ3n) is 2.32. The second-order valence-electron chi connectivity index (χ2n) is 3.56. The molecule has 100 valence electrons. The van der Waals surface area contributed by atoms with Crippen LogP contribution in [0.1, 0.15) is 5.56 Å². The first kappa shape index (κ1) is 14.1. The van der Waals surface area contributed by atoms with E-state index in [0.29, 0.717) is 28.5 Å². The first-order valence-corrected chi connectivity index (χ1v) is 6.49. The van der Waals surface area contributed by atoms with Gasteiger partial charge in [0.25, 0.3) is 0 Å². The maximum absolute atomic E-state index is 6.07. The van der Waals surface area contributed by atoms with Gasteiger partial charge in [-0.2, -0.15) is 15.0 Å². The second-order valence-corrected chi connectivity index (χ2v) is 4.71. The lowest BCUT2D eigenvalue weighted by Crippen LogP contribution is -2.07. The highest BCUT2D eigenvalue weighted by Gasteiger charge is 2.07. The molecule has 19 heavy (non-hydrogen) atoms. The van der Waals surface area contributed by atoms with Crippen molar-refractivity contribution in [3.8, 4) is 0 Å². The normalized spacial score (nSPS) is 10.3. The Labute approximate surface area is 125 Å². The SMILES string of the molecule is CNc1nc(Cl)nc(NCc2c(Cl)cccc2Cl)n1. The maximum Gasteiger partial charge on any atom is 0.229 e. The smallest absolute Gasteiger partial charge is 0.229 e. The molecular weight excluding hydrogens is 309 g/mol. The summed E-state index contributed by atoms with van der Waals surface area (Å²) in [4.78, 5) is 12.0. The molecule has 8 heteroatoms. The molecule has 0 radical (unpaired) electrons. The van der Waals surface area contributed by atoms with E-state index in [-0.39, 0.29) is 5.28 Å². The van der Waals surface area contributed by atoms with Crippen LogP contribution in [-0.2, 0) is 6.54 Å². The highest BCUT2D eigenvalue weighted by atomic mass is 35.5. The van der Waals surface area contributed by atoms with Crippen LogP contribution >= 0.6 is 34.8 Å².